The zero-order valence-electron chi connectivity index (χ0n) is 7.87. The van der Waals surface area contributed by atoms with E-state index in [1.165, 1.54) is 11.7 Å². The summed E-state index contributed by atoms with van der Waals surface area (Å²) in [7, 11) is 0. The summed E-state index contributed by atoms with van der Waals surface area (Å²) in [5.41, 5.74) is 2.05. The number of benzene rings is 1. The molecule has 0 bridgehead atoms. The summed E-state index contributed by atoms with van der Waals surface area (Å²) in [6.45, 7) is 0. The molecule has 0 aliphatic heterocycles. The quantitative estimate of drug-likeness (QED) is 0.609. The minimum absolute atomic E-state index is 0.123. The molecule has 2 aromatic rings. The minimum atomic E-state index is -0.703. The predicted molar refractivity (Wildman–Crippen MR) is 61.0 cm³/mol. The third-order valence-corrected chi connectivity index (χ3v) is 2.62. The molecule has 1 amide bonds. The molecule has 2 rings (SSSR count). The van der Waals surface area contributed by atoms with Crippen LogP contribution in [-0.2, 0) is 0 Å². The van der Waals surface area contributed by atoms with Gasteiger partial charge in [-0.1, -0.05) is 29.3 Å². The Morgan fingerprint density at radius 1 is 1.38 bits per heavy atom. The molecule has 6 heteroatoms. The summed E-state index contributed by atoms with van der Waals surface area (Å²) >= 11 is 11.7. The zero-order valence-corrected chi connectivity index (χ0v) is 9.38. The number of amides is 1. The monoisotopic (exact) mass is 256 g/mol. The Hall–Kier alpha value is -1.36. The number of hydroxylamine groups is 1. The second-order valence-corrected chi connectivity index (χ2v) is 3.93. The average Bonchev–Trinajstić information content (AvgIpc) is 2.28. The summed E-state index contributed by atoms with van der Waals surface area (Å²) in [5, 5.41) is 9.97. The molecule has 1 aromatic heterocycles. The van der Waals surface area contributed by atoms with Crippen LogP contribution in [0.2, 0.25) is 10.0 Å². The smallest absolute Gasteiger partial charge is 0.278 e. The summed E-state index contributed by atoms with van der Waals surface area (Å²) in [6, 6.07) is 4.91. The second-order valence-electron chi connectivity index (χ2n) is 3.09. The summed E-state index contributed by atoms with van der Waals surface area (Å²) in [4.78, 5) is 15.4. The summed E-state index contributed by atoms with van der Waals surface area (Å²) < 4.78 is 0. The standard InChI is InChI=1S/C10H6Cl2N2O2/c11-6-3-5-1-2-7(12)8(10(15)14-16)9(5)13-4-6/h1-4,16H,(H,14,15). The van der Waals surface area contributed by atoms with Crippen molar-refractivity contribution in [3.63, 3.8) is 0 Å². The van der Waals surface area contributed by atoms with E-state index < -0.39 is 5.91 Å². The molecular formula is C10H6Cl2N2O2. The van der Waals surface area contributed by atoms with Crippen molar-refractivity contribution in [1.82, 2.24) is 10.5 Å². The van der Waals surface area contributed by atoms with Crippen LogP contribution in [-0.4, -0.2) is 16.1 Å². The van der Waals surface area contributed by atoms with E-state index in [9.17, 15) is 4.79 Å². The number of rotatable bonds is 1. The van der Waals surface area contributed by atoms with Gasteiger partial charge in [-0.2, -0.15) is 0 Å². The molecule has 0 saturated carbocycles. The Bertz CT molecular complexity index is 572. The normalized spacial score (nSPS) is 10.4. The molecule has 0 fully saturated rings. The lowest BCUT2D eigenvalue weighted by Gasteiger charge is -2.06. The molecule has 0 aliphatic carbocycles. The van der Waals surface area contributed by atoms with Gasteiger partial charge < -0.3 is 0 Å². The molecule has 0 unspecified atom stereocenters. The first-order valence-electron chi connectivity index (χ1n) is 4.31. The van der Waals surface area contributed by atoms with Gasteiger partial charge >= 0.3 is 0 Å². The Labute approximate surface area is 101 Å². The van der Waals surface area contributed by atoms with Gasteiger partial charge in [-0.3, -0.25) is 15.0 Å². The summed E-state index contributed by atoms with van der Waals surface area (Å²) in [6.07, 6.45) is 1.41. The highest BCUT2D eigenvalue weighted by Gasteiger charge is 2.15. The van der Waals surface area contributed by atoms with Gasteiger partial charge in [0.2, 0.25) is 0 Å². The van der Waals surface area contributed by atoms with E-state index in [1.807, 2.05) is 0 Å². The van der Waals surface area contributed by atoms with Gasteiger partial charge in [0, 0.05) is 11.6 Å². The topological polar surface area (TPSA) is 62.2 Å². The van der Waals surface area contributed by atoms with Gasteiger partial charge in [-0.25, -0.2) is 5.48 Å². The first kappa shape index (κ1) is 11.1. The number of aromatic nitrogens is 1. The van der Waals surface area contributed by atoms with E-state index in [2.05, 4.69) is 4.98 Å². The van der Waals surface area contributed by atoms with Crippen molar-refractivity contribution in [2.75, 3.05) is 0 Å². The van der Waals surface area contributed by atoms with Crippen LogP contribution in [0.1, 0.15) is 10.4 Å². The lowest BCUT2D eigenvalue weighted by Crippen LogP contribution is -2.19. The number of carbonyl (C=O) groups is 1. The number of pyridine rings is 1. The number of nitrogens with zero attached hydrogens (tertiary/aromatic N) is 1. The van der Waals surface area contributed by atoms with Crippen molar-refractivity contribution in [1.29, 1.82) is 0 Å². The number of fused-ring (bicyclic) bond motifs is 1. The summed E-state index contributed by atoms with van der Waals surface area (Å²) in [5.74, 6) is -0.703. The van der Waals surface area contributed by atoms with Crippen LogP contribution in [0.15, 0.2) is 24.4 Å². The minimum Gasteiger partial charge on any atom is -0.288 e. The van der Waals surface area contributed by atoms with E-state index in [1.54, 1.807) is 18.2 Å². The fraction of sp³-hybridized carbons (Fsp3) is 0. The van der Waals surface area contributed by atoms with Gasteiger partial charge in [0.15, 0.2) is 0 Å². The first-order chi connectivity index (χ1) is 7.63. The average molecular weight is 257 g/mol. The van der Waals surface area contributed by atoms with Gasteiger partial charge in [0.1, 0.15) is 0 Å². The first-order valence-corrected chi connectivity index (χ1v) is 5.07. The van der Waals surface area contributed by atoms with Crippen molar-refractivity contribution >= 4 is 40.0 Å². The number of nitrogens with one attached hydrogen (secondary N) is 1. The van der Waals surface area contributed by atoms with E-state index in [-0.39, 0.29) is 10.6 Å². The number of hydrogen-bond donors (Lipinski definition) is 2. The molecule has 16 heavy (non-hydrogen) atoms. The Morgan fingerprint density at radius 2 is 2.12 bits per heavy atom. The molecule has 1 heterocycles. The molecule has 0 atom stereocenters. The third kappa shape index (κ3) is 1.82. The van der Waals surface area contributed by atoms with E-state index in [0.29, 0.717) is 15.9 Å². The second kappa shape index (κ2) is 4.25. The highest BCUT2D eigenvalue weighted by atomic mass is 35.5. The van der Waals surface area contributed by atoms with Crippen molar-refractivity contribution in [3.05, 3.63) is 40.0 Å². The van der Waals surface area contributed by atoms with Gasteiger partial charge in [0.25, 0.3) is 5.91 Å². The van der Waals surface area contributed by atoms with Gasteiger partial charge in [0.05, 0.1) is 21.1 Å². The molecule has 0 aliphatic rings. The SMILES string of the molecule is O=C(NO)c1c(Cl)ccc2cc(Cl)cnc12. The molecule has 82 valence electrons. The highest BCUT2D eigenvalue weighted by molar-refractivity contribution is 6.35. The van der Waals surface area contributed by atoms with Crippen molar-refractivity contribution in [2.24, 2.45) is 0 Å². The Morgan fingerprint density at radius 3 is 2.81 bits per heavy atom. The fourth-order valence-electron chi connectivity index (χ4n) is 1.42. The van der Waals surface area contributed by atoms with Crippen molar-refractivity contribution in [3.8, 4) is 0 Å². The van der Waals surface area contributed by atoms with E-state index >= 15 is 0 Å². The van der Waals surface area contributed by atoms with Crippen LogP contribution >= 0.6 is 23.2 Å². The lowest BCUT2D eigenvalue weighted by molar-refractivity contribution is 0.0708. The third-order valence-electron chi connectivity index (χ3n) is 2.10. The number of hydrogen-bond acceptors (Lipinski definition) is 3. The zero-order chi connectivity index (χ0) is 11.7. The molecule has 0 radical (unpaired) electrons. The van der Waals surface area contributed by atoms with Crippen molar-refractivity contribution in [2.45, 2.75) is 0 Å². The maximum absolute atomic E-state index is 11.4. The molecule has 0 spiro atoms. The Kier molecular flexibility index (Phi) is 2.96. The molecule has 0 saturated heterocycles. The molecule has 4 nitrogen and oxygen atoms in total. The predicted octanol–water partition coefficient (Wildman–Crippen LogP) is 2.66. The molecule has 1 aromatic carbocycles. The van der Waals surface area contributed by atoms with Crippen LogP contribution < -0.4 is 5.48 Å². The maximum atomic E-state index is 11.4. The van der Waals surface area contributed by atoms with Gasteiger partial charge in [-0.15, -0.1) is 0 Å². The van der Waals surface area contributed by atoms with Crippen molar-refractivity contribution < 1.29 is 10.0 Å². The van der Waals surface area contributed by atoms with E-state index in [0.717, 1.165) is 0 Å². The maximum Gasteiger partial charge on any atom is 0.278 e. The number of halogens is 2. The lowest BCUT2D eigenvalue weighted by atomic mass is 10.1. The molecule has 2 N–H and O–H groups in total. The van der Waals surface area contributed by atoms with Crippen LogP contribution in [0.25, 0.3) is 10.9 Å². The van der Waals surface area contributed by atoms with Gasteiger partial charge in [-0.05, 0) is 12.1 Å². The highest BCUT2D eigenvalue weighted by Crippen LogP contribution is 2.26. The Balaban J connectivity index is 2.79. The van der Waals surface area contributed by atoms with Crippen LogP contribution in [0.4, 0.5) is 0 Å². The van der Waals surface area contributed by atoms with Crippen LogP contribution in [0.3, 0.4) is 0 Å². The van der Waals surface area contributed by atoms with E-state index in [4.69, 9.17) is 28.4 Å². The number of carbonyl (C=O) groups excluding carboxylic acids is 1. The fourth-order valence-corrected chi connectivity index (χ4v) is 1.83. The largest absolute Gasteiger partial charge is 0.288 e. The molecular weight excluding hydrogens is 251 g/mol. The van der Waals surface area contributed by atoms with Crippen LogP contribution in [0, 0.1) is 0 Å². The van der Waals surface area contributed by atoms with Crippen LogP contribution in [0.5, 0.6) is 0 Å².